The number of aromatic nitrogens is 2. The van der Waals surface area contributed by atoms with Crippen molar-refractivity contribution < 1.29 is 4.42 Å². The first-order valence-electron chi connectivity index (χ1n) is 11.0. The van der Waals surface area contributed by atoms with E-state index in [-0.39, 0.29) is 0 Å². The van der Waals surface area contributed by atoms with E-state index in [4.69, 9.17) is 4.42 Å². The highest BCUT2D eigenvalue weighted by Gasteiger charge is 2.20. The van der Waals surface area contributed by atoms with Gasteiger partial charge in [-0.2, -0.15) is 0 Å². The summed E-state index contributed by atoms with van der Waals surface area (Å²) in [5, 5.41) is 6.13. The molecule has 32 heavy (non-hydrogen) atoms. The quantitative estimate of drug-likeness (QED) is 0.296. The van der Waals surface area contributed by atoms with Crippen LogP contribution in [0.2, 0.25) is 0 Å². The van der Waals surface area contributed by atoms with Crippen LogP contribution in [0.3, 0.4) is 0 Å². The summed E-state index contributed by atoms with van der Waals surface area (Å²) in [7, 11) is 0. The third-order valence-electron chi connectivity index (χ3n) is 6.79. The smallest absolute Gasteiger partial charge is 0.135 e. The van der Waals surface area contributed by atoms with Crippen molar-refractivity contribution in [3.05, 3.63) is 90.8 Å². The Kier molecular flexibility index (Phi) is 3.41. The van der Waals surface area contributed by atoms with E-state index in [1.165, 1.54) is 43.7 Å². The zero-order valence-electron chi connectivity index (χ0n) is 17.7. The van der Waals surface area contributed by atoms with Crippen LogP contribution in [0, 0.1) is 0 Å². The van der Waals surface area contributed by atoms with Gasteiger partial charge in [-0.3, -0.25) is 4.98 Å². The van der Waals surface area contributed by atoms with Gasteiger partial charge in [0.1, 0.15) is 5.58 Å². The van der Waals surface area contributed by atoms with Gasteiger partial charge < -0.3 is 8.82 Å². The molecule has 0 bridgehead atoms. The van der Waals surface area contributed by atoms with Gasteiger partial charge in [-0.05, 0) is 48.4 Å². The van der Waals surface area contributed by atoms with Crippen molar-refractivity contribution in [2.45, 2.75) is 13.3 Å². The monoisotopic (exact) mass is 412 g/mol. The average molecular weight is 412 g/mol. The van der Waals surface area contributed by atoms with E-state index in [1.54, 1.807) is 6.26 Å². The Morgan fingerprint density at radius 2 is 1.81 bits per heavy atom. The Balaban J connectivity index is 1.63. The number of furan rings is 1. The molecule has 0 saturated carbocycles. The van der Waals surface area contributed by atoms with Gasteiger partial charge in [0, 0.05) is 44.3 Å². The lowest BCUT2D eigenvalue weighted by molar-refractivity contribution is 0.615. The van der Waals surface area contributed by atoms with Crippen LogP contribution in [0.5, 0.6) is 0 Å². The third kappa shape index (κ3) is 2.12. The second kappa shape index (κ2) is 6.21. The molecule has 0 fully saturated rings. The summed E-state index contributed by atoms with van der Waals surface area (Å²) in [6.45, 7) is 6.17. The van der Waals surface area contributed by atoms with Gasteiger partial charge in [0.05, 0.1) is 28.5 Å². The molecule has 3 aromatic carbocycles. The molecule has 0 radical (unpaired) electrons. The van der Waals surface area contributed by atoms with Crippen molar-refractivity contribution in [3.8, 4) is 11.3 Å². The van der Waals surface area contributed by atoms with Crippen LogP contribution in [0.1, 0.15) is 18.1 Å². The Morgan fingerprint density at radius 3 is 2.69 bits per heavy atom. The highest BCUT2D eigenvalue weighted by molar-refractivity contribution is 6.29. The SMILES string of the molecule is C=Cc1coc2ccc3c(c4cccc5c6cc(-c7cc(CC)ccn7)ccc6n3c54)c12. The summed E-state index contributed by atoms with van der Waals surface area (Å²) in [6.07, 6.45) is 6.59. The maximum Gasteiger partial charge on any atom is 0.135 e. The second-order valence-electron chi connectivity index (χ2n) is 8.40. The zero-order valence-corrected chi connectivity index (χ0v) is 17.7. The van der Waals surface area contributed by atoms with E-state index in [1.807, 2.05) is 12.3 Å². The molecule has 3 nitrogen and oxygen atoms in total. The number of hydrogen-bond donors (Lipinski definition) is 0. The number of rotatable bonds is 3. The van der Waals surface area contributed by atoms with Gasteiger partial charge in [-0.1, -0.05) is 43.8 Å². The number of benzene rings is 3. The molecule has 152 valence electrons. The fraction of sp³-hybridized carbons (Fsp3) is 0.0690. The maximum absolute atomic E-state index is 5.82. The lowest BCUT2D eigenvalue weighted by Gasteiger charge is -2.05. The fourth-order valence-electron chi connectivity index (χ4n) is 5.28. The molecular formula is C29H20N2O. The Labute approximate surface area is 184 Å². The van der Waals surface area contributed by atoms with Gasteiger partial charge in [0.25, 0.3) is 0 Å². The molecule has 4 aromatic heterocycles. The van der Waals surface area contributed by atoms with Gasteiger partial charge in [-0.25, -0.2) is 0 Å². The molecule has 7 aromatic rings. The standard InChI is InChI=1S/C29H20N2O/c1-3-17-12-13-30-23(14-17)19-8-9-24-22(15-19)20-6-5-7-21-28-25(31(24)29(20)21)10-11-26-27(28)18(4-2)16-32-26/h4-16H,2-3H2,1H3. The molecule has 3 heteroatoms. The second-order valence-corrected chi connectivity index (χ2v) is 8.40. The first-order valence-corrected chi connectivity index (χ1v) is 11.0. The lowest BCUT2D eigenvalue weighted by Crippen LogP contribution is -1.87. The molecule has 0 amide bonds. The van der Waals surface area contributed by atoms with Crippen molar-refractivity contribution >= 4 is 55.1 Å². The highest BCUT2D eigenvalue weighted by Crippen LogP contribution is 2.43. The topological polar surface area (TPSA) is 30.4 Å². The van der Waals surface area contributed by atoms with Crippen LogP contribution in [0.4, 0.5) is 0 Å². The van der Waals surface area contributed by atoms with E-state index in [0.717, 1.165) is 34.2 Å². The summed E-state index contributed by atoms with van der Waals surface area (Å²) in [4.78, 5) is 4.64. The van der Waals surface area contributed by atoms with Crippen LogP contribution in [0.25, 0.3) is 66.4 Å². The molecule has 0 aliphatic rings. The highest BCUT2D eigenvalue weighted by atomic mass is 16.3. The number of nitrogens with zero attached hydrogens (tertiary/aromatic N) is 2. The average Bonchev–Trinajstić information content (AvgIpc) is 3.51. The van der Waals surface area contributed by atoms with E-state index >= 15 is 0 Å². The van der Waals surface area contributed by atoms with Crippen LogP contribution in [-0.4, -0.2) is 9.38 Å². The Hall–Kier alpha value is -4.11. The summed E-state index contributed by atoms with van der Waals surface area (Å²) in [5.74, 6) is 0. The predicted molar refractivity (Wildman–Crippen MR) is 134 cm³/mol. The fourth-order valence-corrected chi connectivity index (χ4v) is 5.28. The van der Waals surface area contributed by atoms with Crippen LogP contribution >= 0.6 is 0 Å². The lowest BCUT2D eigenvalue weighted by atomic mass is 10.0. The normalized spacial score (nSPS) is 12.2. The van der Waals surface area contributed by atoms with Crippen LogP contribution < -0.4 is 0 Å². The van der Waals surface area contributed by atoms with E-state index in [0.29, 0.717) is 0 Å². The number of para-hydroxylation sites is 1. The molecule has 0 N–H and O–H groups in total. The summed E-state index contributed by atoms with van der Waals surface area (Å²) >= 11 is 0. The van der Waals surface area contributed by atoms with E-state index in [9.17, 15) is 0 Å². The first kappa shape index (κ1) is 17.6. The molecule has 0 atom stereocenters. The predicted octanol–water partition coefficient (Wildman–Crippen LogP) is 7.85. The van der Waals surface area contributed by atoms with Crippen molar-refractivity contribution in [3.63, 3.8) is 0 Å². The molecule has 0 aliphatic heterocycles. The molecule has 7 rings (SSSR count). The van der Waals surface area contributed by atoms with Crippen LogP contribution in [-0.2, 0) is 6.42 Å². The third-order valence-corrected chi connectivity index (χ3v) is 6.79. The van der Waals surface area contributed by atoms with Gasteiger partial charge in [-0.15, -0.1) is 0 Å². The summed E-state index contributed by atoms with van der Waals surface area (Å²) in [5.41, 5.74) is 9.08. The zero-order chi connectivity index (χ0) is 21.4. The van der Waals surface area contributed by atoms with Crippen LogP contribution in [0.15, 0.2) is 84.1 Å². The number of hydrogen-bond acceptors (Lipinski definition) is 2. The molecule has 0 saturated heterocycles. The number of fused-ring (bicyclic) bond motifs is 8. The molecular weight excluding hydrogens is 392 g/mol. The Morgan fingerprint density at radius 1 is 0.938 bits per heavy atom. The van der Waals surface area contributed by atoms with Gasteiger partial charge in [0.2, 0.25) is 0 Å². The molecule has 0 spiro atoms. The first-order chi connectivity index (χ1) is 15.8. The minimum Gasteiger partial charge on any atom is -0.464 e. The van der Waals surface area contributed by atoms with E-state index in [2.05, 4.69) is 83.6 Å². The van der Waals surface area contributed by atoms with Gasteiger partial charge >= 0.3 is 0 Å². The molecule has 0 unspecified atom stereocenters. The maximum atomic E-state index is 5.82. The molecule has 4 heterocycles. The van der Waals surface area contributed by atoms with Crippen molar-refractivity contribution in [2.75, 3.05) is 0 Å². The van der Waals surface area contributed by atoms with Crippen molar-refractivity contribution in [1.29, 1.82) is 0 Å². The minimum atomic E-state index is 0.898. The minimum absolute atomic E-state index is 0.898. The van der Waals surface area contributed by atoms with Crippen molar-refractivity contribution in [2.24, 2.45) is 0 Å². The van der Waals surface area contributed by atoms with E-state index < -0.39 is 0 Å². The summed E-state index contributed by atoms with van der Waals surface area (Å²) in [6, 6.07) is 21.8. The van der Waals surface area contributed by atoms with Crippen molar-refractivity contribution in [1.82, 2.24) is 9.38 Å². The number of pyridine rings is 1. The molecule has 0 aliphatic carbocycles. The Bertz CT molecular complexity index is 1830. The summed E-state index contributed by atoms with van der Waals surface area (Å²) < 4.78 is 8.22. The number of aryl methyl sites for hydroxylation is 1. The largest absolute Gasteiger partial charge is 0.464 e. The van der Waals surface area contributed by atoms with Gasteiger partial charge in [0.15, 0.2) is 0 Å².